The van der Waals surface area contributed by atoms with E-state index in [2.05, 4.69) is 25.4 Å². The highest BCUT2D eigenvalue weighted by molar-refractivity contribution is 6.29. The van der Waals surface area contributed by atoms with Crippen LogP contribution in [0.5, 0.6) is 0 Å². The molecule has 1 aromatic rings. The van der Waals surface area contributed by atoms with Crippen LogP contribution in [0.1, 0.15) is 25.7 Å². The predicted molar refractivity (Wildman–Crippen MR) is 68.3 cm³/mol. The van der Waals surface area contributed by atoms with Crippen LogP contribution in [0.25, 0.3) is 0 Å². The molecule has 0 spiro atoms. The van der Waals surface area contributed by atoms with E-state index in [1.807, 2.05) is 0 Å². The second kappa shape index (κ2) is 4.80. The van der Waals surface area contributed by atoms with Crippen molar-refractivity contribution in [2.24, 2.45) is 0 Å². The highest BCUT2D eigenvalue weighted by Gasteiger charge is 2.42. The van der Waals surface area contributed by atoms with Gasteiger partial charge in [0.15, 0.2) is 5.15 Å². The molecular formula is C11H14ClN5O2. The maximum Gasteiger partial charge on any atom is 0.404 e. The number of hydrogen-bond donors (Lipinski definition) is 2. The molecule has 2 aliphatic heterocycles. The van der Waals surface area contributed by atoms with Gasteiger partial charge in [-0.2, -0.15) is 0 Å². The number of aromatic nitrogens is 3. The molecule has 1 amide bonds. The standard InChI is InChI=1S/C11H14ClN5O2/c12-9-5-13-10(16-15-9)17-7-1-2-8(17)4-6(3-7)14-11(18)19/h5-8,14H,1-4H2,(H,18,19)/t6-,7-,8+. The van der Waals surface area contributed by atoms with Gasteiger partial charge in [-0.05, 0) is 25.7 Å². The Morgan fingerprint density at radius 2 is 2.05 bits per heavy atom. The largest absolute Gasteiger partial charge is 0.465 e. The smallest absolute Gasteiger partial charge is 0.404 e. The van der Waals surface area contributed by atoms with E-state index in [1.54, 1.807) is 0 Å². The van der Waals surface area contributed by atoms with E-state index in [1.165, 1.54) is 6.20 Å². The van der Waals surface area contributed by atoms with Crippen LogP contribution >= 0.6 is 11.6 Å². The lowest BCUT2D eigenvalue weighted by atomic mass is 9.98. The van der Waals surface area contributed by atoms with Crippen LogP contribution in [-0.2, 0) is 0 Å². The average Bonchev–Trinajstić information content (AvgIpc) is 2.62. The van der Waals surface area contributed by atoms with E-state index < -0.39 is 6.09 Å². The molecule has 2 saturated heterocycles. The summed E-state index contributed by atoms with van der Waals surface area (Å²) in [7, 11) is 0. The highest BCUT2D eigenvalue weighted by atomic mass is 35.5. The summed E-state index contributed by atoms with van der Waals surface area (Å²) in [5, 5.41) is 19.5. The van der Waals surface area contributed by atoms with Gasteiger partial charge in [0.2, 0.25) is 5.95 Å². The zero-order chi connectivity index (χ0) is 13.4. The second-order valence-corrected chi connectivity index (χ2v) is 5.38. The van der Waals surface area contributed by atoms with Gasteiger partial charge in [0, 0.05) is 18.1 Å². The fourth-order valence-electron chi connectivity index (χ4n) is 3.17. The topological polar surface area (TPSA) is 91.2 Å². The van der Waals surface area contributed by atoms with E-state index >= 15 is 0 Å². The number of halogens is 1. The second-order valence-electron chi connectivity index (χ2n) is 4.99. The molecule has 19 heavy (non-hydrogen) atoms. The summed E-state index contributed by atoms with van der Waals surface area (Å²) in [6.07, 6.45) is 4.18. The van der Waals surface area contributed by atoms with Gasteiger partial charge >= 0.3 is 6.09 Å². The Morgan fingerprint density at radius 3 is 2.58 bits per heavy atom. The van der Waals surface area contributed by atoms with E-state index in [9.17, 15) is 4.79 Å². The number of carboxylic acid groups (broad SMARTS) is 1. The molecule has 2 fully saturated rings. The zero-order valence-electron chi connectivity index (χ0n) is 10.2. The van der Waals surface area contributed by atoms with Gasteiger partial charge in [0.05, 0.1) is 6.20 Å². The molecule has 0 unspecified atom stereocenters. The molecule has 0 aromatic carbocycles. The summed E-state index contributed by atoms with van der Waals surface area (Å²) >= 11 is 5.69. The third kappa shape index (κ3) is 2.42. The lowest BCUT2D eigenvalue weighted by molar-refractivity contribution is 0.185. The normalized spacial score (nSPS) is 29.3. The number of nitrogens with one attached hydrogen (secondary N) is 1. The number of rotatable bonds is 2. The van der Waals surface area contributed by atoms with E-state index in [0.29, 0.717) is 5.95 Å². The quantitative estimate of drug-likeness (QED) is 0.850. The molecule has 7 nitrogen and oxygen atoms in total. The molecule has 1 aromatic heterocycles. The van der Waals surface area contributed by atoms with Crippen LogP contribution in [0.15, 0.2) is 6.20 Å². The Bertz CT molecular complexity index is 468. The molecule has 8 heteroatoms. The summed E-state index contributed by atoms with van der Waals surface area (Å²) in [5.41, 5.74) is 0. The van der Waals surface area contributed by atoms with Gasteiger partial charge in [-0.3, -0.25) is 0 Å². The van der Waals surface area contributed by atoms with Crippen molar-refractivity contribution in [3.63, 3.8) is 0 Å². The number of anilines is 1. The van der Waals surface area contributed by atoms with Gasteiger partial charge in [-0.25, -0.2) is 9.78 Å². The van der Waals surface area contributed by atoms with Crippen LogP contribution in [-0.4, -0.2) is 44.5 Å². The van der Waals surface area contributed by atoms with Crippen LogP contribution in [0.2, 0.25) is 5.15 Å². The molecule has 2 aliphatic rings. The van der Waals surface area contributed by atoms with Gasteiger partial charge in [0.1, 0.15) is 0 Å². The first kappa shape index (κ1) is 12.4. The highest BCUT2D eigenvalue weighted by Crippen LogP contribution is 2.37. The lowest BCUT2D eigenvalue weighted by Crippen LogP contribution is -2.50. The maximum atomic E-state index is 10.7. The number of fused-ring (bicyclic) bond motifs is 2. The summed E-state index contributed by atoms with van der Waals surface area (Å²) in [5.74, 6) is 0.589. The van der Waals surface area contributed by atoms with Crippen LogP contribution < -0.4 is 10.2 Å². The van der Waals surface area contributed by atoms with Crippen LogP contribution in [0.4, 0.5) is 10.7 Å². The number of carbonyl (C=O) groups is 1. The van der Waals surface area contributed by atoms with E-state index in [4.69, 9.17) is 16.7 Å². The molecular weight excluding hydrogens is 270 g/mol. The molecule has 0 saturated carbocycles. The third-order valence-electron chi connectivity index (χ3n) is 3.81. The van der Waals surface area contributed by atoms with Crippen molar-refractivity contribution in [2.75, 3.05) is 4.90 Å². The van der Waals surface area contributed by atoms with Crippen molar-refractivity contribution in [1.82, 2.24) is 20.5 Å². The fraction of sp³-hybridized carbons (Fsp3) is 0.636. The van der Waals surface area contributed by atoms with Crippen molar-refractivity contribution < 1.29 is 9.90 Å². The Morgan fingerprint density at radius 1 is 1.37 bits per heavy atom. The molecule has 2 N–H and O–H groups in total. The Kier molecular flexibility index (Phi) is 3.14. The van der Waals surface area contributed by atoms with Gasteiger partial charge in [0.25, 0.3) is 0 Å². The van der Waals surface area contributed by atoms with Crippen molar-refractivity contribution >= 4 is 23.6 Å². The minimum absolute atomic E-state index is 0.0199. The number of nitrogens with zero attached hydrogens (tertiary/aromatic N) is 4. The molecule has 0 aliphatic carbocycles. The van der Waals surface area contributed by atoms with E-state index in [-0.39, 0.29) is 23.3 Å². The Labute approximate surface area is 115 Å². The maximum absolute atomic E-state index is 10.7. The number of hydrogen-bond acceptors (Lipinski definition) is 5. The number of amides is 1. The SMILES string of the molecule is O=C(O)N[C@@H]1C[C@H]2CC[C@@H](C1)N2c1ncc(Cl)nn1. The summed E-state index contributed by atoms with van der Waals surface area (Å²) in [4.78, 5) is 17.1. The van der Waals surface area contributed by atoms with Crippen molar-refractivity contribution in [3.8, 4) is 0 Å². The average molecular weight is 284 g/mol. The van der Waals surface area contributed by atoms with Crippen molar-refractivity contribution in [1.29, 1.82) is 0 Å². The predicted octanol–water partition coefficient (Wildman–Crippen LogP) is 1.29. The fourth-order valence-corrected chi connectivity index (χ4v) is 3.26. The van der Waals surface area contributed by atoms with Crippen LogP contribution in [0.3, 0.4) is 0 Å². The monoisotopic (exact) mass is 283 g/mol. The van der Waals surface area contributed by atoms with Gasteiger partial charge in [-0.15, -0.1) is 10.2 Å². The molecule has 102 valence electrons. The Hall–Kier alpha value is -1.63. The van der Waals surface area contributed by atoms with Crippen LogP contribution in [0, 0.1) is 0 Å². The third-order valence-corrected chi connectivity index (χ3v) is 3.99. The zero-order valence-corrected chi connectivity index (χ0v) is 10.9. The Balaban J connectivity index is 1.76. The lowest BCUT2D eigenvalue weighted by Gasteiger charge is -2.38. The minimum atomic E-state index is -0.956. The van der Waals surface area contributed by atoms with Crippen molar-refractivity contribution in [2.45, 2.75) is 43.8 Å². The molecule has 3 atom stereocenters. The summed E-state index contributed by atoms with van der Waals surface area (Å²) in [6.45, 7) is 0. The summed E-state index contributed by atoms with van der Waals surface area (Å²) in [6, 6.07) is 0.573. The molecule has 0 radical (unpaired) electrons. The minimum Gasteiger partial charge on any atom is -0.465 e. The van der Waals surface area contributed by atoms with Gasteiger partial charge < -0.3 is 15.3 Å². The molecule has 3 rings (SSSR count). The van der Waals surface area contributed by atoms with Gasteiger partial charge in [-0.1, -0.05) is 11.6 Å². The van der Waals surface area contributed by atoms with Crippen molar-refractivity contribution in [3.05, 3.63) is 11.3 Å². The first-order valence-corrected chi connectivity index (χ1v) is 6.64. The number of piperidine rings is 1. The van der Waals surface area contributed by atoms with E-state index in [0.717, 1.165) is 25.7 Å². The molecule has 3 heterocycles. The first-order chi connectivity index (χ1) is 9.13. The first-order valence-electron chi connectivity index (χ1n) is 6.26. The molecule has 2 bridgehead atoms. The summed E-state index contributed by atoms with van der Waals surface area (Å²) < 4.78 is 0.